The highest BCUT2D eigenvalue weighted by atomic mass is 16.7. The van der Waals surface area contributed by atoms with Crippen LogP contribution in [0, 0.1) is 0 Å². The van der Waals surface area contributed by atoms with Gasteiger partial charge in [-0.1, -0.05) is 237 Å². The fourth-order valence-electron chi connectivity index (χ4n) is 10.3. The van der Waals surface area contributed by atoms with Gasteiger partial charge in [0.1, 0.15) is 48.8 Å². The second kappa shape index (κ2) is 48.0. The average Bonchev–Trinajstić information content (AvgIpc) is 3.42. The number of unbranched alkanes of at least 4 members (excludes halogenated alkanes) is 33. The van der Waals surface area contributed by atoms with Crippen molar-refractivity contribution in [2.24, 2.45) is 0 Å². The molecule has 2 aliphatic heterocycles. The van der Waals surface area contributed by atoms with Crippen LogP contribution in [0.15, 0.2) is 36.5 Å². The first-order chi connectivity index (χ1) is 37.1. The van der Waals surface area contributed by atoms with E-state index in [1.165, 1.54) is 186 Å². The fraction of sp³-hybridized carbons (Fsp3) is 0.887. The van der Waals surface area contributed by atoms with E-state index in [4.69, 9.17) is 18.9 Å². The van der Waals surface area contributed by atoms with Gasteiger partial charge in [-0.05, 0) is 51.4 Å². The van der Waals surface area contributed by atoms with E-state index in [0.29, 0.717) is 6.42 Å². The molecule has 446 valence electrons. The maximum atomic E-state index is 13.2. The third kappa shape index (κ3) is 33.1. The van der Waals surface area contributed by atoms with Crippen molar-refractivity contribution in [2.75, 3.05) is 19.8 Å². The van der Waals surface area contributed by atoms with Gasteiger partial charge in [-0.25, -0.2) is 0 Å². The van der Waals surface area contributed by atoms with Crippen molar-refractivity contribution in [3.05, 3.63) is 36.5 Å². The maximum absolute atomic E-state index is 13.2. The molecule has 0 aromatic carbocycles. The molecule has 9 N–H and O–H groups in total. The first kappa shape index (κ1) is 70.3. The number of allylic oxidation sites excluding steroid dienone is 5. The predicted molar refractivity (Wildman–Crippen MR) is 305 cm³/mol. The number of ether oxygens (including phenoxy) is 4. The molecule has 2 aliphatic rings. The minimum atomic E-state index is -1.79. The van der Waals surface area contributed by atoms with Crippen LogP contribution in [0.2, 0.25) is 0 Å². The molecule has 2 heterocycles. The molecular formula is C62H115NO13. The Kier molecular flexibility index (Phi) is 44.4. The zero-order chi connectivity index (χ0) is 55.3. The van der Waals surface area contributed by atoms with Crippen LogP contribution in [0.1, 0.15) is 258 Å². The second-order valence-electron chi connectivity index (χ2n) is 22.2. The fourth-order valence-corrected chi connectivity index (χ4v) is 10.3. The molecule has 14 nitrogen and oxygen atoms in total. The van der Waals surface area contributed by atoms with Gasteiger partial charge < -0.3 is 65.1 Å². The van der Waals surface area contributed by atoms with Crippen molar-refractivity contribution in [3.63, 3.8) is 0 Å². The number of hydrogen-bond donors (Lipinski definition) is 9. The molecule has 14 heteroatoms. The largest absolute Gasteiger partial charge is 0.394 e. The van der Waals surface area contributed by atoms with E-state index in [9.17, 15) is 45.6 Å². The summed E-state index contributed by atoms with van der Waals surface area (Å²) in [6.45, 7) is 2.76. The maximum Gasteiger partial charge on any atom is 0.220 e. The molecule has 2 fully saturated rings. The highest BCUT2D eigenvalue weighted by Gasteiger charge is 2.51. The average molecular weight is 1080 g/mol. The quantitative estimate of drug-likeness (QED) is 0.0204. The zero-order valence-electron chi connectivity index (χ0n) is 48.0. The Labute approximate surface area is 461 Å². The first-order valence-electron chi connectivity index (χ1n) is 31.2. The first-order valence-corrected chi connectivity index (χ1v) is 31.2. The highest BCUT2D eigenvalue weighted by Crippen LogP contribution is 2.30. The number of carbonyl (C=O) groups is 1. The van der Waals surface area contributed by atoms with Crippen molar-refractivity contribution in [1.29, 1.82) is 0 Å². The third-order valence-corrected chi connectivity index (χ3v) is 15.3. The summed E-state index contributed by atoms with van der Waals surface area (Å²) in [6.07, 6.45) is 42.3. The summed E-state index contributed by atoms with van der Waals surface area (Å²) < 4.78 is 22.7. The van der Waals surface area contributed by atoms with Gasteiger partial charge in [-0.15, -0.1) is 0 Å². The number of rotatable bonds is 50. The minimum absolute atomic E-state index is 0.239. The number of hydrogen-bond acceptors (Lipinski definition) is 13. The van der Waals surface area contributed by atoms with E-state index in [1.807, 2.05) is 6.08 Å². The van der Waals surface area contributed by atoms with E-state index in [1.54, 1.807) is 6.08 Å². The summed E-state index contributed by atoms with van der Waals surface area (Å²) in [4.78, 5) is 13.2. The Morgan fingerprint density at radius 1 is 0.474 bits per heavy atom. The molecule has 0 saturated carbocycles. The summed E-state index contributed by atoms with van der Waals surface area (Å²) in [5.41, 5.74) is 0. The Balaban J connectivity index is 1.58. The van der Waals surface area contributed by atoms with Gasteiger partial charge >= 0.3 is 0 Å². The molecule has 1 amide bonds. The molecule has 0 aromatic heterocycles. The Morgan fingerprint density at radius 2 is 0.868 bits per heavy atom. The lowest BCUT2D eigenvalue weighted by atomic mass is 9.97. The van der Waals surface area contributed by atoms with Gasteiger partial charge in [-0.2, -0.15) is 0 Å². The van der Waals surface area contributed by atoms with E-state index in [0.717, 1.165) is 44.9 Å². The summed E-state index contributed by atoms with van der Waals surface area (Å²) in [5.74, 6) is -0.239. The molecule has 76 heavy (non-hydrogen) atoms. The van der Waals surface area contributed by atoms with Crippen LogP contribution < -0.4 is 5.32 Å². The normalized spacial score (nSPS) is 25.1. The van der Waals surface area contributed by atoms with Crippen molar-refractivity contribution < 1.29 is 64.6 Å². The summed E-state index contributed by atoms with van der Waals surface area (Å²) in [5, 5.41) is 86.8. The van der Waals surface area contributed by atoms with E-state index in [2.05, 4.69) is 43.5 Å². The topological polar surface area (TPSA) is 228 Å². The van der Waals surface area contributed by atoms with Crippen LogP contribution in [0.3, 0.4) is 0 Å². The van der Waals surface area contributed by atoms with Gasteiger partial charge in [0.15, 0.2) is 12.6 Å². The predicted octanol–water partition coefficient (Wildman–Crippen LogP) is 11.0. The van der Waals surface area contributed by atoms with Crippen LogP contribution in [0.4, 0.5) is 0 Å². The van der Waals surface area contributed by atoms with Gasteiger partial charge in [0.05, 0.1) is 32.0 Å². The molecule has 0 aliphatic carbocycles. The lowest BCUT2D eigenvalue weighted by molar-refractivity contribution is -0.359. The molecule has 2 rings (SSSR count). The molecule has 12 unspecified atom stereocenters. The molecule has 12 atom stereocenters. The van der Waals surface area contributed by atoms with Crippen molar-refractivity contribution in [1.82, 2.24) is 5.32 Å². The van der Waals surface area contributed by atoms with Gasteiger partial charge in [0.2, 0.25) is 5.91 Å². The number of amides is 1. The standard InChI is InChI=1S/C62H115NO13/c1-3-5-7-9-11-13-14-15-16-17-18-19-20-21-22-23-24-25-26-27-28-29-30-31-32-33-34-35-36-38-40-42-44-46-54(67)63-50(51(66)45-43-41-39-37-12-10-8-6-4-2)49-73-61-59(72)57(70)60(53(48-65)75-61)76-62-58(71)56(69)55(68)52(47-64)74-62/h14-15,17-18,43,45,50-53,55-62,64-66,68-72H,3-13,16,19-42,44,46-49H2,1-2H3,(H,63,67)/b15-14-,18-17-,45-43+. The minimum Gasteiger partial charge on any atom is -0.394 e. The number of carbonyl (C=O) groups excluding carboxylic acids is 1. The molecular weight excluding hydrogens is 967 g/mol. The number of aliphatic hydroxyl groups excluding tert-OH is 8. The van der Waals surface area contributed by atoms with E-state index >= 15 is 0 Å². The Bertz CT molecular complexity index is 1410. The van der Waals surface area contributed by atoms with Gasteiger partial charge in [0.25, 0.3) is 0 Å². The number of nitrogens with one attached hydrogen (secondary N) is 1. The molecule has 0 radical (unpaired) electrons. The molecule has 2 saturated heterocycles. The van der Waals surface area contributed by atoms with Crippen LogP contribution in [0.25, 0.3) is 0 Å². The molecule has 0 spiro atoms. The van der Waals surface area contributed by atoms with Crippen molar-refractivity contribution in [2.45, 2.75) is 331 Å². The van der Waals surface area contributed by atoms with Gasteiger partial charge in [0, 0.05) is 6.42 Å². The van der Waals surface area contributed by atoms with Crippen molar-refractivity contribution in [3.8, 4) is 0 Å². The summed E-state index contributed by atoms with van der Waals surface area (Å²) in [6, 6.07) is -0.910. The monoisotopic (exact) mass is 1080 g/mol. The van der Waals surface area contributed by atoms with Crippen LogP contribution in [0.5, 0.6) is 0 Å². The van der Waals surface area contributed by atoms with Crippen LogP contribution >= 0.6 is 0 Å². The second-order valence-corrected chi connectivity index (χ2v) is 22.2. The molecule has 0 bridgehead atoms. The third-order valence-electron chi connectivity index (χ3n) is 15.3. The lowest BCUT2D eigenvalue weighted by Gasteiger charge is -2.46. The Hall–Kier alpha value is -1.79. The Morgan fingerprint density at radius 3 is 1.32 bits per heavy atom. The summed E-state index contributed by atoms with van der Waals surface area (Å²) >= 11 is 0. The van der Waals surface area contributed by atoms with Gasteiger partial charge in [-0.3, -0.25) is 4.79 Å². The SMILES string of the molecule is CCCCCCC/C=C\C/C=C\CCCCCCCCCCCCCCCCCCCCCCCC(=O)NC(COC1OC(CO)C(OC2OC(CO)C(O)C(O)C2O)C(O)C1O)C(O)/C=C/CCCCCCCCC. The van der Waals surface area contributed by atoms with Crippen LogP contribution in [-0.2, 0) is 23.7 Å². The van der Waals surface area contributed by atoms with Crippen molar-refractivity contribution >= 4 is 5.91 Å². The number of aliphatic hydroxyl groups is 8. The van der Waals surface area contributed by atoms with Crippen LogP contribution in [-0.4, -0.2) is 140 Å². The van der Waals surface area contributed by atoms with E-state index in [-0.39, 0.29) is 18.9 Å². The highest BCUT2D eigenvalue weighted by molar-refractivity contribution is 5.76. The smallest absolute Gasteiger partial charge is 0.220 e. The molecule has 0 aromatic rings. The van der Waals surface area contributed by atoms with E-state index < -0.39 is 86.8 Å². The lowest BCUT2D eigenvalue weighted by Crippen LogP contribution is -2.65. The summed E-state index contributed by atoms with van der Waals surface area (Å²) in [7, 11) is 0. The zero-order valence-corrected chi connectivity index (χ0v) is 48.0.